The third-order valence-electron chi connectivity index (χ3n) is 8.13. The zero-order chi connectivity index (χ0) is 29.6. The number of carbonyl (C=O) groups excluding carboxylic acids is 4. The van der Waals surface area contributed by atoms with Crippen molar-refractivity contribution >= 4 is 39.6 Å². The van der Waals surface area contributed by atoms with Gasteiger partial charge in [-0.1, -0.05) is 48.9 Å². The van der Waals surface area contributed by atoms with Crippen molar-refractivity contribution in [1.82, 2.24) is 15.1 Å². The number of halogens is 1. The van der Waals surface area contributed by atoms with Crippen LogP contribution in [0.15, 0.2) is 22.7 Å². The fraction of sp³-hybridized carbons (Fsp3) is 0.724. The summed E-state index contributed by atoms with van der Waals surface area (Å²) in [5, 5.41) is 12.7. The highest BCUT2D eigenvalue weighted by Gasteiger charge is 2.75. The predicted molar refractivity (Wildman–Crippen MR) is 151 cm³/mol. The minimum Gasteiger partial charge on any atom is -0.460 e. The SMILES string of the molecule is C[C@H]1CNC(=O)CC/C=C\CN(C(C)(C)CC(C)(C)C)C(=O)[C@H]2N(CCO)C(=O)[C@@H]3[C@@H](C(=O)O1)[C@@H]1O[C@@]32C=C1Br. The van der Waals surface area contributed by atoms with Crippen LogP contribution in [0.4, 0.5) is 0 Å². The third kappa shape index (κ3) is 5.61. The highest BCUT2D eigenvalue weighted by Crippen LogP contribution is 2.59. The molecule has 3 amide bonds. The average molecular weight is 625 g/mol. The highest BCUT2D eigenvalue weighted by molar-refractivity contribution is 9.11. The molecule has 4 aliphatic heterocycles. The Kier molecular flexibility index (Phi) is 8.61. The van der Waals surface area contributed by atoms with Crippen LogP contribution in [-0.4, -0.2) is 94.2 Å². The summed E-state index contributed by atoms with van der Waals surface area (Å²) >= 11 is 3.53. The maximum Gasteiger partial charge on any atom is 0.313 e. The van der Waals surface area contributed by atoms with Gasteiger partial charge in [0.15, 0.2) is 0 Å². The predicted octanol–water partition coefficient (Wildman–Crippen LogP) is 2.29. The molecule has 0 saturated carbocycles. The van der Waals surface area contributed by atoms with E-state index in [-0.39, 0.29) is 49.9 Å². The quantitative estimate of drug-likeness (QED) is 0.363. The van der Waals surface area contributed by atoms with Gasteiger partial charge in [-0.15, -0.1) is 0 Å². The lowest BCUT2D eigenvalue weighted by Gasteiger charge is -2.45. The molecule has 2 fully saturated rings. The second kappa shape index (κ2) is 11.2. The maximum atomic E-state index is 14.7. The van der Waals surface area contributed by atoms with E-state index in [0.717, 1.165) is 0 Å². The molecule has 4 heterocycles. The zero-order valence-corrected chi connectivity index (χ0v) is 25.8. The number of esters is 1. The molecular formula is C29H42BrN3O7. The van der Waals surface area contributed by atoms with Gasteiger partial charge in [0.25, 0.3) is 0 Å². The number of cyclic esters (lactones) is 1. The van der Waals surface area contributed by atoms with Crippen LogP contribution in [0.2, 0.25) is 0 Å². The number of amides is 3. The molecule has 11 heteroatoms. The molecule has 0 radical (unpaired) electrons. The van der Waals surface area contributed by atoms with E-state index in [1.54, 1.807) is 17.9 Å². The molecule has 222 valence electrons. The zero-order valence-electron chi connectivity index (χ0n) is 24.2. The van der Waals surface area contributed by atoms with Crippen molar-refractivity contribution < 1.29 is 33.8 Å². The van der Waals surface area contributed by atoms with E-state index in [0.29, 0.717) is 17.3 Å². The van der Waals surface area contributed by atoms with Crippen molar-refractivity contribution in [3.8, 4) is 0 Å². The van der Waals surface area contributed by atoms with Crippen LogP contribution < -0.4 is 5.32 Å². The average Bonchev–Trinajstić information content (AvgIpc) is 3.41. The molecule has 10 nitrogen and oxygen atoms in total. The molecule has 0 aromatic heterocycles. The highest BCUT2D eigenvalue weighted by atomic mass is 79.9. The number of fused-ring (bicyclic) bond motifs is 2. The van der Waals surface area contributed by atoms with Crippen LogP contribution in [0.5, 0.6) is 0 Å². The Morgan fingerprint density at radius 1 is 1.12 bits per heavy atom. The van der Waals surface area contributed by atoms with Gasteiger partial charge in [0.2, 0.25) is 17.7 Å². The number of aliphatic hydroxyl groups excluding tert-OH is 1. The number of nitrogens with zero attached hydrogens (tertiary/aromatic N) is 2. The van der Waals surface area contributed by atoms with E-state index in [1.165, 1.54) is 4.90 Å². The Bertz CT molecular complexity index is 1110. The molecule has 1 spiro atoms. The molecule has 0 aromatic rings. The van der Waals surface area contributed by atoms with E-state index in [4.69, 9.17) is 9.47 Å². The van der Waals surface area contributed by atoms with Gasteiger partial charge >= 0.3 is 5.97 Å². The number of rotatable bonds is 4. The largest absolute Gasteiger partial charge is 0.460 e. The molecule has 4 aliphatic rings. The number of hydrogen-bond donors (Lipinski definition) is 2. The first-order valence-electron chi connectivity index (χ1n) is 14.0. The molecule has 0 aliphatic carbocycles. The number of β-amino-alcohol motifs (C(OH)–C–C–N with tert-alkyl or cyclic N) is 1. The van der Waals surface area contributed by atoms with Crippen molar-refractivity contribution in [1.29, 1.82) is 0 Å². The van der Waals surface area contributed by atoms with Gasteiger partial charge < -0.3 is 29.7 Å². The van der Waals surface area contributed by atoms with Crippen molar-refractivity contribution in [3.05, 3.63) is 22.7 Å². The molecule has 0 unspecified atom stereocenters. The number of likely N-dealkylation sites (tertiary alicyclic amines) is 1. The minimum atomic E-state index is -1.39. The standard InChI is InChI=1S/C29H42BrN3O7/c1-17-15-31-19(35)10-8-7-9-11-33(28(5,6)16-27(2,3)4)25(37)23-29-14-18(30)22(40-29)20(26(38)39-17)21(29)24(36)32(23)12-13-34/h7,9,14,17,20-23,34H,8,10-13,15-16H2,1-6H3,(H,31,35)/b9-7-/t17-,20+,21-,22+,23+,29-/m0/s1. The van der Waals surface area contributed by atoms with E-state index >= 15 is 0 Å². The molecule has 40 heavy (non-hydrogen) atoms. The minimum absolute atomic E-state index is 0.0689. The second-order valence-electron chi connectivity index (χ2n) is 13.1. The molecule has 5 bridgehead atoms. The maximum absolute atomic E-state index is 14.7. The van der Waals surface area contributed by atoms with Gasteiger partial charge in [-0.3, -0.25) is 19.2 Å². The van der Waals surface area contributed by atoms with Crippen LogP contribution in [0.1, 0.15) is 60.8 Å². The lowest BCUT2D eigenvalue weighted by molar-refractivity contribution is -0.159. The lowest BCUT2D eigenvalue weighted by atomic mass is 9.74. The first-order valence-corrected chi connectivity index (χ1v) is 14.8. The van der Waals surface area contributed by atoms with Crippen molar-refractivity contribution in [2.24, 2.45) is 17.3 Å². The Balaban J connectivity index is 1.83. The summed E-state index contributed by atoms with van der Waals surface area (Å²) in [5.41, 5.74) is -2.11. The first-order chi connectivity index (χ1) is 18.6. The fourth-order valence-corrected chi connectivity index (χ4v) is 7.70. The second-order valence-corrected chi connectivity index (χ2v) is 14.1. The Morgan fingerprint density at radius 2 is 1.82 bits per heavy atom. The molecular weight excluding hydrogens is 582 g/mol. The molecule has 4 rings (SSSR count). The fourth-order valence-electron chi connectivity index (χ4n) is 6.97. The number of nitrogens with one attached hydrogen (secondary N) is 1. The Hall–Kier alpha value is -2.24. The molecule has 0 aromatic carbocycles. The summed E-state index contributed by atoms with van der Waals surface area (Å²) in [6, 6.07) is -1.07. The number of carbonyl (C=O) groups is 4. The summed E-state index contributed by atoms with van der Waals surface area (Å²) in [5.74, 6) is -3.48. The normalized spacial score (nSPS) is 34.5. The number of hydrogen-bond acceptors (Lipinski definition) is 7. The van der Waals surface area contributed by atoms with E-state index in [1.807, 2.05) is 26.0 Å². The van der Waals surface area contributed by atoms with Crippen LogP contribution in [0, 0.1) is 17.3 Å². The topological polar surface area (TPSA) is 125 Å². The third-order valence-corrected chi connectivity index (χ3v) is 8.81. The Labute approximate surface area is 244 Å². The van der Waals surface area contributed by atoms with Gasteiger partial charge in [0.05, 0.1) is 19.1 Å². The van der Waals surface area contributed by atoms with Gasteiger partial charge in [-0.05, 0) is 45.1 Å². The molecule has 2 saturated heterocycles. The van der Waals surface area contributed by atoms with Crippen LogP contribution in [0.25, 0.3) is 0 Å². The smallest absolute Gasteiger partial charge is 0.313 e. The van der Waals surface area contributed by atoms with E-state index in [9.17, 15) is 24.3 Å². The van der Waals surface area contributed by atoms with Gasteiger partial charge in [0, 0.05) is 29.5 Å². The van der Waals surface area contributed by atoms with E-state index in [2.05, 4.69) is 42.0 Å². The number of ether oxygens (including phenoxy) is 2. The number of aliphatic hydroxyl groups is 1. The number of allylic oxidation sites excluding steroid dienone is 1. The molecule has 2 N–H and O–H groups in total. The summed E-state index contributed by atoms with van der Waals surface area (Å²) in [7, 11) is 0. The van der Waals surface area contributed by atoms with Crippen LogP contribution >= 0.6 is 15.9 Å². The van der Waals surface area contributed by atoms with Gasteiger partial charge in [-0.25, -0.2) is 0 Å². The van der Waals surface area contributed by atoms with Crippen molar-refractivity contribution in [2.75, 3.05) is 26.2 Å². The summed E-state index contributed by atoms with van der Waals surface area (Å²) in [6.45, 7) is 12.0. The van der Waals surface area contributed by atoms with Gasteiger partial charge in [-0.2, -0.15) is 0 Å². The molecule has 6 atom stereocenters. The lowest BCUT2D eigenvalue weighted by Crippen LogP contribution is -2.61. The van der Waals surface area contributed by atoms with Crippen LogP contribution in [0.3, 0.4) is 0 Å². The summed E-state index contributed by atoms with van der Waals surface area (Å²) in [4.78, 5) is 57.7. The van der Waals surface area contributed by atoms with E-state index < -0.39 is 53.1 Å². The van der Waals surface area contributed by atoms with Gasteiger partial charge in [0.1, 0.15) is 29.8 Å². The van der Waals surface area contributed by atoms with Crippen molar-refractivity contribution in [3.63, 3.8) is 0 Å². The van der Waals surface area contributed by atoms with Crippen LogP contribution in [-0.2, 0) is 28.7 Å². The first kappa shape index (κ1) is 30.7. The summed E-state index contributed by atoms with van der Waals surface area (Å²) in [6.07, 6.45) is 5.54. The monoisotopic (exact) mass is 623 g/mol. The summed E-state index contributed by atoms with van der Waals surface area (Å²) < 4.78 is 12.7. The van der Waals surface area contributed by atoms with Crippen molar-refractivity contribution in [2.45, 2.75) is 90.2 Å². The Morgan fingerprint density at radius 3 is 2.48 bits per heavy atom.